The van der Waals surface area contributed by atoms with Crippen LogP contribution in [-0.2, 0) is 0 Å². The molecule has 0 amide bonds. The first-order valence-electron chi connectivity index (χ1n) is 6.12. The van der Waals surface area contributed by atoms with Crippen LogP contribution >= 0.6 is 0 Å². The molecular formula is C15H20N2O. The fourth-order valence-electron chi connectivity index (χ4n) is 1.40. The zero-order chi connectivity index (χ0) is 13.5. The fourth-order valence-corrected chi connectivity index (χ4v) is 1.40. The number of pyridine rings is 1. The summed E-state index contributed by atoms with van der Waals surface area (Å²) in [5, 5.41) is 0. The Bertz CT molecular complexity index is 492. The maximum Gasteiger partial charge on any atom is 0.219 e. The first-order valence-corrected chi connectivity index (χ1v) is 6.12. The second-order valence-corrected chi connectivity index (χ2v) is 3.73. The predicted octanol–water partition coefficient (Wildman–Crippen LogP) is 4.10. The summed E-state index contributed by atoms with van der Waals surface area (Å²) in [5.41, 5.74) is 8.52. The average Bonchev–Trinajstić information content (AvgIpc) is 2.40. The van der Waals surface area contributed by atoms with Crippen molar-refractivity contribution in [1.29, 1.82) is 0 Å². The van der Waals surface area contributed by atoms with Crippen LogP contribution in [0.4, 0.5) is 5.69 Å². The minimum Gasteiger partial charge on any atom is -0.439 e. The molecule has 1 aromatic heterocycles. The molecule has 0 aliphatic heterocycles. The van der Waals surface area contributed by atoms with Gasteiger partial charge in [0.05, 0.1) is 11.9 Å². The molecule has 0 aliphatic carbocycles. The third-order valence-corrected chi connectivity index (χ3v) is 2.53. The summed E-state index contributed by atoms with van der Waals surface area (Å²) in [7, 11) is 0. The number of hydrogen-bond donors (Lipinski definition) is 1. The van der Waals surface area contributed by atoms with Crippen molar-refractivity contribution in [3.05, 3.63) is 47.7 Å². The Balaban J connectivity index is 0.000000771. The van der Waals surface area contributed by atoms with Crippen molar-refractivity contribution in [2.45, 2.75) is 27.7 Å². The lowest BCUT2D eigenvalue weighted by molar-refractivity contribution is 0.459. The number of nitrogens with zero attached hydrogens (tertiary/aromatic N) is 1. The molecule has 0 atom stereocenters. The van der Waals surface area contributed by atoms with Gasteiger partial charge in [-0.25, -0.2) is 4.98 Å². The summed E-state index contributed by atoms with van der Waals surface area (Å²) in [5.74, 6) is 1.39. The van der Waals surface area contributed by atoms with E-state index in [9.17, 15) is 0 Å². The molecular weight excluding hydrogens is 224 g/mol. The van der Waals surface area contributed by atoms with Gasteiger partial charge in [0.25, 0.3) is 0 Å². The molecule has 96 valence electrons. The zero-order valence-electron chi connectivity index (χ0n) is 11.4. The fraction of sp³-hybridized carbons (Fsp3) is 0.267. The Morgan fingerprint density at radius 2 is 1.78 bits per heavy atom. The van der Waals surface area contributed by atoms with Crippen LogP contribution in [-0.4, -0.2) is 4.98 Å². The van der Waals surface area contributed by atoms with E-state index in [2.05, 4.69) is 18.0 Å². The molecule has 0 saturated carbocycles. The van der Waals surface area contributed by atoms with Gasteiger partial charge < -0.3 is 10.5 Å². The van der Waals surface area contributed by atoms with Crippen molar-refractivity contribution in [1.82, 2.24) is 4.98 Å². The highest BCUT2D eigenvalue weighted by atomic mass is 16.5. The second-order valence-electron chi connectivity index (χ2n) is 3.73. The van der Waals surface area contributed by atoms with Crippen LogP contribution in [0, 0.1) is 13.8 Å². The predicted molar refractivity (Wildman–Crippen MR) is 76.0 cm³/mol. The van der Waals surface area contributed by atoms with E-state index < -0.39 is 0 Å². The lowest BCUT2D eigenvalue weighted by Crippen LogP contribution is -1.93. The third kappa shape index (κ3) is 3.48. The van der Waals surface area contributed by atoms with Crippen LogP contribution in [0.2, 0.25) is 0 Å². The molecule has 0 saturated heterocycles. The standard InChI is InChI=1S/C13H14N2O.C2H6/c1-9-4-3-5-12(10(9)2)16-13-7-6-11(14)8-15-13;1-2/h3-8H,14H2,1-2H3;1-2H3. The number of benzene rings is 1. The maximum atomic E-state index is 5.68. The van der Waals surface area contributed by atoms with Crippen molar-refractivity contribution in [2.75, 3.05) is 5.73 Å². The molecule has 0 unspecified atom stereocenters. The monoisotopic (exact) mass is 244 g/mol. The van der Waals surface area contributed by atoms with Gasteiger partial charge in [-0.05, 0) is 37.1 Å². The Kier molecular flexibility index (Phi) is 5.18. The molecule has 2 rings (SSSR count). The lowest BCUT2D eigenvalue weighted by Gasteiger charge is -2.09. The van der Waals surface area contributed by atoms with Crippen molar-refractivity contribution in [2.24, 2.45) is 0 Å². The molecule has 2 aromatic rings. The number of aromatic nitrogens is 1. The highest BCUT2D eigenvalue weighted by Crippen LogP contribution is 2.25. The van der Waals surface area contributed by atoms with Gasteiger partial charge >= 0.3 is 0 Å². The van der Waals surface area contributed by atoms with Crippen LogP contribution in [0.1, 0.15) is 25.0 Å². The van der Waals surface area contributed by atoms with Gasteiger partial charge in [0.2, 0.25) is 5.88 Å². The van der Waals surface area contributed by atoms with E-state index in [-0.39, 0.29) is 0 Å². The van der Waals surface area contributed by atoms with Gasteiger partial charge in [-0.2, -0.15) is 0 Å². The Labute approximate surface area is 109 Å². The molecule has 0 spiro atoms. The van der Waals surface area contributed by atoms with E-state index in [1.165, 1.54) is 5.56 Å². The minimum absolute atomic E-state index is 0.558. The SMILES string of the molecule is CC.Cc1cccc(Oc2ccc(N)cn2)c1C. The minimum atomic E-state index is 0.558. The van der Waals surface area contributed by atoms with E-state index in [4.69, 9.17) is 10.5 Å². The Hall–Kier alpha value is -2.03. The Morgan fingerprint density at radius 3 is 2.39 bits per heavy atom. The Morgan fingerprint density at radius 1 is 1.06 bits per heavy atom. The molecule has 0 fully saturated rings. The number of aryl methyl sites for hydroxylation is 1. The first kappa shape index (κ1) is 14.0. The zero-order valence-corrected chi connectivity index (χ0v) is 11.4. The highest BCUT2D eigenvalue weighted by molar-refractivity contribution is 5.42. The van der Waals surface area contributed by atoms with Crippen LogP contribution < -0.4 is 10.5 Å². The van der Waals surface area contributed by atoms with E-state index in [0.29, 0.717) is 11.6 Å². The lowest BCUT2D eigenvalue weighted by atomic mass is 10.1. The quantitative estimate of drug-likeness (QED) is 0.865. The van der Waals surface area contributed by atoms with Gasteiger partial charge in [-0.15, -0.1) is 0 Å². The summed E-state index contributed by atoms with van der Waals surface area (Å²) in [6, 6.07) is 9.48. The summed E-state index contributed by atoms with van der Waals surface area (Å²) in [6.07, 6.45) is 1.58. The van der Waals surface area contributed by atoms with E-state index in [0.717, 1.165) is 11.3 Å². The summed E-state index contributed by atoms with van der Waals surface area (Å²) in [4.78, 5) is 4.10. The van der Waals surface area contributed by atoms with Crippen LogP contribution in [0.25, 0.3) is 0 Å². The number of anilines is 1. The molecule has 3 heteroatoms. The van der Waals surface area contributed by atoms with Gasteiger partial charge in [0.1, 0.15) is 5.75 Å². The van der Waals surface area contributed by atoms with Gasteiger partial charge in [0, 0.05) is 6.07 Å². The molecule has 0 radical (unpaired) electrons. The van der Waals surface area contributed by atoms with E-state index in [1.54, 1.807) is 18.3 Å². The number of hydrogen-bond acceptors (Lipinski definition) is 3. The van der Waals surface area contributed by atoms with Crippen molar-refractivity contribution in [3.8, 4) is 11.6 Å². The molecule has 0 bridgehead atoms. The molecule has 1 heterocycles. The first-order chi connectivity index (χ1) is 8.66. The largest absolute Gasteiger partial charge is 0.439 e. The van der Waals surface area contributed by atoms with Crippen LogP contribution in [0.3, 0.4) is 0 Å². The van der Waals surface area contributed by atoms with E-state index in [1.807, 2.05) is 32.9 Å². The average molecular weight is 244 g/mol. The molecule has 2 N–H and O–H groups in total. The number of rotatable bonds is 2. The number of ether oxygens (including phenoxy) is 1. The van der Waals surface area contributed by atoms with Crippen molar-refractivity contribution >= 4 is 5.69 Å². The van der Waals surface area contributed by atoms with Crippen molar-refractivity contribution < 1.29 is 4.74 Å². The molecule has 1 aromatic carbocycles. The van der Waals surface area contributed by atoms with Crippen LogP contribution in [0.15, 0.2) is 36.5 Å². The second kappa shape index (κ2) is 6.64. The van der Waals surface area contributed by atoms with Crippen molar-refractivity contribution in [3.63, 3.8) is 0 Å². The summed E-state index contributed by atoms with van der Waals surface area (Å²) in [6.45, 7) is 8.08. The molecule has 3 nitrogen and oxygen atoms in total. The van der Waals surface area contributed by atoms with Gasteiger partial charge in [-0.3, -0.25) is 0 Å². The van der Waals surface area contributed by atoms with Crippen LogP contribution in [0.5, 0.6) is 11.6 Å². The molecule has 0 aliphatic rings. The normalized spacial score (nSPS) is 9.33. The molecule has 18 heavy (non-hydrogen) atoms. The van der Waals surface area contributed by atoms with E-state index >= 15 is 0 Å². The third-order valence-electron chi connectivity index (χ3n) is 2.53. The topological polar surface area (TPSA) is 48.1 Å². The smallest absolute Gasteiger partial charge is 0.219 e. The maximum absolute atomic E-state index is 5.68. The number of nitrogens with two attached hydrogens (primary N) is 1. The number of nitrogen functional groups attached to an aromatic ring is 1. The highest BCUT2D eigenvalue weighted by Gasteiger charge is 2.03. The van der Waals surface area contributed by atoms with Gasteiger partial charge in [-0.1, -0.05) is 26.0 Å². The summed E-state index contributed by atoms with van der Waals surface area (Å²) < 4.78 is 5.68. The van der Waals surface area contributed by atoms with Gasteiger partial charge in [0.15, 0.2) is 0 Å². The summed E-state index contributed by atoms with van der Waals surface area (Å²) >= 11 is 0.